The van der Waals surface area contributed by atoms with E-state index in [2.05, 4.69) is 15.6 Å². The minimum absolute atomic E-state index is 0.117. The molecule has 40 heavy (non-hydrogen) atoms. The van der Waals surface area contributed by atoms with E-state index in [1.54, 1.807) is 34.9 Å². The van der Waals surface area contributed by atoms with Crippen molar-refractivity contribution in [2.24, 2.45) is 0 Å². The molecule has 1 N–H and O–H groups in total. The number of ether oxygens (including phenoxy) is 2. The van der Waals surface area contributed by atoms with E-state index >= 15 is 0 Å². The van der Waals surface area contributed by atoms with E-state index in [4.69, 9.17) is 9.47 Å². The molecule has 0 aliphatic heterocycles. The van der Waals surface area contributed by atoms with Crippen LogP contribution in [0.3, 0.4) is 0 Å². The minimum Gasteiger partial charge on any atom is -0.497 e. The van der Waals surface area contributed by atoms with Gasteiger partial charge in [-0.15, -0.1) is 5.10 Å². The summed E-state index contributed by atoms with van der Waals surface area (Å²) in [5.74, 6) is 0.367. The second-order valence-electron chi connectivity index (χ2n) is 10.5. The Morgan fingerprint density at radius 3 is 2.35 bits per heavy atom. The van der Waals surface area contributed by atoms with Gasteiger partial charge < -0.3 is 14.8 Å². The second kappa shape index (κ2) is 11.8. The van der Waals surface area contributed by atoms with Crippen molar-refractivity contribution in [2.75, 3.05) is 19.1 Å². The maximum Gasteiger partial charge on any atom is 0.249 e. The Bertz CT molecular complexity index is 1510. The number of carbonyl (C=O) groups is 2. The summed E-state index contributed by atoms with van der Waals surface area (Å²) in [6, 6.07) is 17.5. The van der Waals surface area contributed by atoms with E-state index in [9.17, 15) is 9.59 Å². The minimum atomic E-state index is -1.05. The predicted molar refractivity (Wildman–Crippen MR) is 156 cm³/mol. The lowest BCUT2D eigenvalue weighted by molar-refractivity contribution is -0.128. The van der Waals surface area contributed by atoms with Crippen molar-refractivity contribution in [3.8, 4) is 11.5 Å². The van der Waals surface area contributed by atoms with Gasteiger partial charge in [-0.1, -0.05) is 42.5 Å². The number of benzene rings is 3. The van der Waals surface area contributed by atoms with Gasteiger partial charge in [0, 0.05) is 17.2 Å². The van der Waals surface area contributed by atoms with Crippen molar-refractivity contribution in [1.82, 2.24) is 20.3 Å². The molecule has 0 spiro atoms. The Morgan fingerprint density at radius 2 is 1.70 bits per heavy atom. The molecule has 0 saturated heterocycles. The first-order valence-electron chi connectivity index (χ1n) is 13.3. The lowest BCUT2D eigenvalue weighted by atomic mass is 9.96. The highest BCUT2D eigenvalue weighted by atomic mass is 16.5. The molecular formula is C31H37N5O4. The molecule has 1 heterocycles. The summed E-state index contributed by atoms with van der Waals surface area (Å²) < 4.78 is 12.7. The van der Waals surface area contributed by atoms with Crippen LogP contribution in [0.2, 0.25) is 0 Å². The normalized spacial score (nSPS) is 12.2. The number of carbonyl (C=O) groups excluding carboxylic acids is 2. The number of fused-ring (bicyclic) bond motifs is 1. The van der Waals surface area contributed by atoms with E-state index in [1.165, 1.54) is 7.11 Å². The van der Waals surface area contributed by atoms with Crippen LogP contribution in [0.15, 0.2) is 60.7 Å². The van der Waals surface area contributed by atoms with Gasteiger partial charge in [-0.2, -0.15) is 0 Å². The van der Waals surface area contributed by atoms with Crippen molar-refractivity contribution in [2.45, 2.75) is 59.2 Å². The van der Waals surface area contributed by atoms with E-state index in [1.807, 2.05) is 77.1 Å². The van der Waals surface area contributed by atoms with Crippen LogP contribution >= 0.6 is 0 Å². The Kier molecular flexibility index (Phi) is 8.42. The Morgan fingerprint density at radius 1 is 1.00 bits per heavy atom. The molecule has 2 amide bonds. The summed E-state index contributed by atoms with van der Waals surface area (Å²) in [6.07, 6.45) is 0.702. The van der Waals surface area contributed by atoms with Crippen molar-refractivity contribution in [3.63, 3.8) is 0 Å². The van der Waals surface area contributed by atoms with E-state index in [-0.39, 0.29) is 18.4 Å². The van der Waals surface area contributed by atoms with Gasteiger partial charge in [0.1, 0.15) is 29.6 Å². The summed E-state index contributed by atoms with van der Waals surface area (Å²) >= 11 is 0. The van der Waals surface area contributed by atoms with E-state index in [0.717, 1.165) is 16.6 Å². The molecule has 4 rings (SSSR count). The lowest BCUT2D eigenvalue weighted by Crippen LogP contribution is -2.51. The zero-order valence-electron chi connectivity index (χ0n) is 24.2. The van der Waals surface area contributed by atoms with Gasteiger partial charge in [0.05, 0.1) is 25.4 Å². The third-order valence-corrected chi connectivity index (χ3v) is 7.24. The number of hydrogen-bond donors (Lipinski definition) is 1. The molecule has 3 aromatic carbocycles. The van der Waals surface area contributed by atoms with Gasteiger partial charge in [0.2, 0.25) is 11.8 Å². The largest absolute Gasteiger partial charge is 0.497 e. The summed E-state index contributed by atoms with van der Waals surface area (Å²) in [5, 5.41) is 11.6. The van der Waals surface area contributed by atoms with Crippen molar-refractivity contribution in [1.29, 1.82) is 0 Å². The molecule has 4 aromatic rings. The molecule has 0 unspecified atom stereocenters. The molecule has 1 aromatic heterocycles. The van der Waals surface area contributed by atoms with E-state index in [0.29, 0.717) is 34.7 Å². The van der Waals surface area contributed by atoms with Crippen molar-refractivity contribution in [3.05, 3.63) is 77.4 Å². The predicted octanol–water partition coefficient (Wildman–Crippen LogP) is 5.14. The quantitative estimate of drug-likeness (QED) is 0.297. The Hall–Kier alpha value is -4.40. The monoisotopic (exact) mass is 543 g/mol. The topological polar surface area (TPSA) is 98.6 Å². The van der Waals surface area contributed by atoms with Crippen LogP contribution < -0.4 is 19.7 Å². The van der Waals surface area contributed by atoms with Crippen LogP contribution in [0.5, 0.6) is 11.5 Å². The molecule has 0 aliphatic carbocycles. The zero-order valence-corrected chi connectivity index (χ0v) is 24.2. The van der Waals surface area contributed by atoms with Crippen LogP contribution in [0.25, 0.3) is 11.0 Å². The molecule has 0 radical (unpaired) electrons. The number of aryl methyl sites for hydroxylation is 2. The average Bonchev–Trinajstić information content (AvgIpc) is 3.34. The molecule has 9 heteroatoms. The first-order chi connectivity index (χ1) is 19.1. The van der Waals surface area contributed by atoms with Crippen LogP contribution in [0.4, 0.5) is 5.69 Å². The number of amides is 2. The summed E-state index contributed by atoms with van der Waals surface area (Å²) in [5.41, 5.74) is 3.81. The van der Waals surface area contributed by atoms with Gasteiger partial charge in [-0.3, -0.25) is 14.5 Å². The molecule has 9 nitrogen and oxygen atoms in total. The number of anilines is 1. The molecule has 0 fully saturated rings. The Labute approximate surface area is 235 Å². The van der Waals surface area contributed by atoms with Crippen LogP contribution in [-0.2, 0) is 16.1 Å². The maximum absolute atomic E-state index is 14.4. The van der Waals surface area contributed by atoms with Gasteiger partial charge in [0.15, 0.2) is 0 Å². The first-order valence-corrected chi connectivity index (χ1v) is 13.3. The number of rotatable bonds is 10. The van der Waals surface area contributed by atoms with Crippen molar-refractivity contribution < 1.29 is 19.1 Å². The third kappa shape index (κ3) is 5.78. The highest BCUT2D eigenvalue weighted by Crippen LogP contribution is 2.38. The van der Waals surface area contributed by atoms with Crippen molar-refractivity contribution >= 4 is 28.5 Å². The first kappa shape index (κ1) is 28.6. The number of nitrogens with one attached hydrogen (secondary N) is 1. The number of hydrogen-bond acceptors (Lipinski definition) is 6. The van der Waals surface area contributed by atoms with Gasteiger partial charge in [-0.25, -0.2) is 4.68 Å². The van der Waals surface area contributed by atoms with Gasteiger partial charge >= 0.3 is 0 Å². The van der Waals surface area contributed by atoms with Gasteiger partial charge in [0.25, 0.3) is 0 Å². The maximum atomic E-state index is 14.4. The molecule has 0 aliphatic rings. The van der Waals surface area contributed by atoms with Crippen LogP contribution in [0, 0.1) is 13.8 Å². The smallest absolute Gasteiger partial charge is 0.249 e. The average molecular weight is 544 g/mol. The highest BCUT2D eigenvalue weighted by Gasteiger charge is 2.38. The standard InChI is InChI=1S/C31H37N5O4/c1-8-31(4,5)32-30(38)29(23-17-16-22(39-6)18-26(23)40-7)36(28-20(2)12-11-13-21(28)3)27(37)19-35-25-15-10-9-14-24(25)33-34-35/h9-18,29H,8,19H2,1-7H3,(H,32,38)/t29-/m1/s1. The SMILES string of the molecule is CCC(C)(C)NC(=O)[C@@H](c1ccc(OC)cc1OC)N(C(=O)Cn1nnc2ccccc21)c1c(C)cccc1C. The molecule has 1 atom stereocenters. The molecular weight excluding hydrogens is 506 g/mol. The fourth-order valence-corrected chi connectivity index (χ4v) is 4.75. The third-order valence-electron chi connectivity index (χ3n) is 7.24. The summed E-state index contributed by atoms with van der Waals surface area (Å²) in [6.45, 7) is 9.68. The second-order valence-corrected chi connectivity index (χ2v) is 10.5. The number of para-hydroxylation sites is 2. The van der Waals surface area contributed by atoms with Crippen LogP contribution in [0.1, 0.15) is 49.9 Å². The number of nitrogens with zero attached hydrogens (tertiary/aromatic N) is 4. The number of methoxy groups -OCH3 is 2. The summed E-state index contributed by atoms with van der Waals surface area (Å²) in [4.78, 5) is 30.3. The fourth-order valence-electron chi connectivity index (χ4n) is 4.75. The van der Waals surface area contributed by atoms with E-state index < -0.39 is 11.6 Å². The lowest BCUT2D eigenvalue weighted by Gasteiger charge is -2.36. The van der Waals surface area contributed by atoms with Crippen LogP contribution in [-0.4, -0.2) is 46.6 Å². The zero-order chi connectivity index (χ0) is 29.0. The summed E-state index contributed by atoms with van der Waals surface area (Å²) in [7, 11) is 3.10. The number of aromatic nitrogens is 3. The van der Waals surface area contributed by atoms with Gasteiger partial charge in [-0.05, 0) is 69.5 Å². The molecule has 210 valence electrons. The molecule has 0 bridgehead atoms. The Balaban J connectivity index is 1.93. The highest BCUT2D eigenvalue weighted by molar-refractivity contribution is 6.03. The molecule has 0 saturated carbocycles. The fraction of sp³-hybridized carbons (Fsp3) is 0.355.